The number of Topliss-reactive ketones (excluding diaryl/α,β-unsaturated/α-hetero) is 1. The van der Waals surface area contributed by atoms with Gasteiger partial charge in [-0.3, -0.25) is 9.59 Å². The Hall–Kier alpha value is -6.40. The van der Waals surface area contributed by atoms with Crippen molar-refractivity contribution in [3.05, 3.63) is 185 Å². The minimum Gasteiger partial charge on any atom is -0.459 e. The summed E-state index contributed by atoms with van der Waals surface area (Å²) in [5.41, 5.74) is 8.69. The number of hydrogen-bond donors (Lipinski definition) is 0. The summed E-state index contributed by atoms with van der Waals surface area (Å²) < 4.78 is 10.9. The van der Waals surface area contributed by atoms with E-state index in [2.05, 4.69) is 0 Å². The van der Waals surface area contributed by atoms with Gasteiger partial charge in [-0.15, -0.1) is 0 Å². The van der Waals surface area contributed by atoms with Gasteiger partial charge in [0.25, 0.3) is 0 Å². The van der Waals surface area contributed by atoms with Gasteiger partial charge in [-0.05, 0) is 90.0 Å². The van der Waals surface area contributed by atoms with Crippen molar-refractivity contribution in [2.24, 2.45) is 5.92 Å². The van der Waals surface area contributed by atoms with Crippen molar-refractivity contribution in [3.63, 3.8) is 0 Å². The molecule has 0 radical (unpaired) electrons. The number of hydrogen-bond acceptors (Lipinski definition) is 6. The second-order valence-corrected chi connectivity index (χ2v) is 13.5. The summed E-state index contributed by atoms with van der Waals surface area (Å²) in [6.45, 7) is 7.41. The SMILES string of the molecule is CC(C)OC(=O)c1ccc(-c2ccc(OC(=O)c3ccc(Cc4ccc(C(=O)c5ccc(-c6ccc(C(=O)C(C)C)cc6)cc5)cc4)cc3)cc2)cc1. The lowest BCUT2D eigenvalue weighted by Crippen LogP contribution is -2.11. The first-order valence-corrected chi connectivity index (χ1v) is 17.6. The van der Waals surface area contributed by atoms with Crippen molar-refractivity contribution in [1.29, 1.82) is 0 Å². The first-order valence-electron chi connectivity index (χ1n) is 17.6. The largest absolute Gasteiger partial charge is 0.459 e. The number of ether oxygens (including phenoxy) is 2. The monoisotopic (exact) mass is 700 g/mol. The molecule has 0 aliphatic heterocycles. The molecule has 0 saturated heterocycles. The minimum atomic E-state index is -0.454. The Bertz CT molecular complexity index is 2210. The smallest absolute Gasteiger partial charge is 0.343 e. The first-order chi connectivity index (χ1) is 25.5. The summed E-state index contributed by atoms with van der Waals surface area (Å²) in [4.78, 5) is 50.5. The number of benzene rings is 6. The Kier molecular flexibility index (Phi) is 11.2. The van der Waals surface area contributed by atoms with Crippen LogP contribution in [0, 0.1) is 5.92 Å². The molecule has 0 atom stereocenters. The van der Waals surface area contributed by atoms with Crippen LogP contribution in [0.2, 0.25) is 0 Å². The van der Waals surface area contributed by atoms with E-state index >= 15 is 0 Å². The van der Waals surface area contributed by atoms with Gasteiger partial charge in [0.05, 0.1) is 17.2 Å². The molecule has 0 saturated carbocycles. The summed E-state index contributed by atoms with van der Waals surface area (Å²) in [6.07, 6.45) is 0.457. The van der Waals surface area contributed by atoms with Gasteiger partial charge in [0, 0.05) is 22.6 Å². The maximum absolute atomic E-state index is 13.2. The molecule has 0 aliphatic carbocycles. The van der Waals surface area contributed by atoms with E-state index in [0.717, 1.165) is 33.4 Å². The van der Waals surface area contributed by atoms with E-state index in [1.165, 1.54) is 0 Å². The molecule has 264 valence electrons. The van der Waals surface area contributed by atoms with Gasteiger partial charge in [0.1, 0.15) is 5.75 Å². The standard InChI is InChI=1S/C47H40O6/c1-30(2)44(48)38-19-13-34(14-20-38)35-15-21-40(22-16-35)45(49)39-9-5-32(6-10-39)29-33-7-11-41(12-8-33)47(51)53-43-27-25-37(26-28-43)36-17-23-42(24-18-36)46(50)52-31(3)4/h5-28,30-31H,29H2,1-4H3. The Morgan fingerprint density at radius 2 is 0.792 bits per heavy atom. The van der Waals surface area contributed by atoms with Crippen LogP contribution in [0.4, 0.5) is 0 Å². The zero-order valence-corrected chi connectivity index (χ0v) is 30.2. The molecule has 6 aromatic rings. The third kappa shape index (κ3) is 9.10. The molecule has 0 bridgehead atoms. The summed E-state index contributed by atoms with van der Waals surface area (Å²) >= 11 is 0. The molecular formula is C47H40O6. The predicted molar refractivity (Wildman–Crippen MR) is 208 cm³/mol. The molecule has 0 aromatic heterocycles. The van der Waals surface area contributed by atoms with E-state index in [1.54, 1.807) is 36.4 Å². The van der Waals surface area contributed by atoms with E-state index in [9.17, 15) is 19.2 Å². The Labute approximate surface area is 310 Å². The zero-order valence-electron chi connectivity index (χ0n) is 30.2. The normalized spacial score (nSPS) is 11.0. The second kappa shape index (κ2) is 16.3. The van der Waals surface area contributed by atoms with Crippen molar-refractivity contribution < 1.29 is 28.7 Å². The fraction of sp³-hybridized carbons (Fsp3) is 0.149. The van der Waals surface area contributed by atoms with Gasteiger partial charge in [-0.1, -0.05) is 123 Å². The molecule has 0 unspecified atom stereocenters. The van der Waals surface area contributed by atoms with Crippen molar-refractivity contribution in [2.75, 3.05) is 0 Å². The van der Waals surface area contributed by atoms with Crippen LogP contribution in [0.25, 0.3) is 22.3 Å². The topological polar surface area (TPSA) is 86.7 Å². The Morgan fingerprint density at radius 1 is 0.434 bits per heavy atom. The number of ketones is 2. The minimum absolute atomic E-state index is 0.0502. The summed E-state index contributed by atoms with van der Waals surface area (Å²) in [5, 5.41) is 0. The summed E-state index contributed by atoms with van der Waals surface area (Å²) in [6, 6.07) is 44.3. The molecule has 6 nitrogen and oxygen atoms in total. The maximum Gasteiger partial charge on any atom is 0.343 e. The molecule has 6 aromatic carbocycles. The van der Waals surface area contributed by atoms with Gasteiger partial charge in [0.15, 0.2) is 11.6 Å². The molecule has 53 heavy (non-hydrogen) atoms. The maximum atomic E-state index is 13.2. The second-order valence-electron chi connectivity index (χ2n) is 13.5. The molecule has 0 fully saturated rings. The van der Waals surface area contributed by atoms with Crippen LogP contribution in [-0.2, 0) is 11.2 Å². The summed E-state index contributed by atoms with van der Waals surface area (Å²) in [5.74, 6) is -0.373. The lowest BCUT2D eigenvalue weighted by molar-refractivity contribution is 0.0377. The molecule has 0 aliphatic rings. The predicted octanol–water partition coefficient (Wildman–Crippen LogP) is 10.5. The third-order valence-electron chi connectivity index (χ3n) is 8.85. The average molecular weight is 701 g/mol. The molecule has 0 N–H and O–H groups in total. The van der Waals surface area contributed by atoms with Gasteiger partial charge in [0.2, 0.25) is 0 Å². The fourth-order valence-corrected chi connectivity index (χ4v) is 5.87. The first kappa shape index (κ1) is 36.4. The highest BCUT2D eigenvalue weighted by atomic mass is 16.5. The molecule has 6 heteroatoms. The van der Waals surface area contributed by atoms with Crippen molar-refractivity contribution >= 4 is 23.5 Å². The fourth-order valence-electron chi connectivity index (χ4n) is 5.87. The summed E-state index contributed by atoms with van der Waals surface area (Å²) in [7, 11) is 0. The average Bonchev–Trinajstić information content (AvgIpc) is 3.18. The van der Waals surface area contributed by atoms with Crippen LogP contribution < -0.4 is 4.74 Å². The number of esters is 2. The zero-order chi connectivity index (χ0) is 37.5. The van der Waals surface area contributed by atoms with Crippen molar-refractivity contribution in [1.82, 2.24) is 0 Å². The van der Waals surface area contributed by atoms with E-state index in [4.69, 9.17) is 9.47 Å². The van der Waals surface area contributed by atoms with Crippen LogP contribution in [-0.4, -0.2) is 29.6 Å². The number of carbonyl (C=O) groups excluding carboxylic acids is 4. The van der Waals surface area contributed by atoms with Gasteiger partial charge < -0.3 is 9.47 Å². The van der Waals surface area contributed by atoms with Gasteiger partial charge >= 0.3 is 11.9 Å². The van der Waals surface area contributed by atoms with Crippen LogP contribution >= 0.6 is 0 Å². The van der Waals surface area contributed by atoms with Crippen LogP contribution in [0.1, 0.15) is 85.8 Å². The van der Waals surface area contributed by atoms with Crippen molar-refractivity contribution in [3.8, 4) is 28.0 Å². The molecule has 0 spiro atoms. The third-order valence-corrected chi connectivity index (χ3v) is 8.85. The van der Waals surface area contributed by atoms with E-state index in [-0.39, 0.29) is 29.6 Å². The highest BCUT2D eigenvalue weighted by Gasteiger charge is 2.14. The van der Waals surface area contributed by atoms with Gasteiger partial charge in [-0.25, -0.2) is 9.59 Å². The van der Waals surface area contributed by atoms with Crippen LogP contribution in [0.15, 0.2) is 146 Å². The van der Waals surface area contributed by atoms with Crippen molar-refractivity contribution in [2.45, 2.75) is 40.2 Å². The van der Waals surface area contributed by atoms with E-state index in [0.29, 0.717) is 40.0 Å². The lowest BCUT2D eigenvalue weighted by atomic mass is 9.96. The quantitative estimate of drug-likeness (QED) is 0.0717. The molecular weight excluding hydrogens is 661 g/mol. The van der Waals surface area contributed by atoms with Crippen LogP contribution in [0.5, 0.6) is 5.75 Å². The van der Waals surface area contributed by atoms with E-state index < -0.39 is 5.97 Å². The lowest BCUT2D eigenvalue weighted by Gasteiger charge is -2.09. The molecule has 6 rings (SSSR count). The van der Waals surface area contributed by atoms with Gasteiger partial charge in [-0.2, -0.15) is 0 Å². The molecule has 0 heterocycles. The van der Waals surface area contributed by atoms with Crippen LogP contribution in [0.3, 0.4) is 0 Å². The Morgan fingerprint density at radius 3 is 1.23 bits per heavy atom. The number of rotatable bonds is 12. The highest BCUT2D eigenvalue weighted by molar-refractivity contribution is 6.09. The molecule has 0 amide bonds. The highest BCUT2D eigenvalue weighted by Crippen LogP contribution is 2.25. The number of carbonyl (C=O) groups is 4. The van der Waals surface area contributed by atoms with E-state index in [1.807, 2.05) is 137 Å². The Balaban J connectivity index is 1.01.